The number of hydroxylamine groups is 1. The molecule has 1 aliphatic carbocycles. The molecule has 126 valence electrons. The third-order valence-corrected chi connectivity index (χ3v) is 5.04. The van der Waals surface area contributed by atoms with Gasteiger partial charge >= 0.3 is 0 Å². The van der Waals surface area contributed by atoms with E-state index in [1.54, 1.807) is 0 Å². The highest BCUT2D eigenvalue weighted by atomic mass is 79.9. The van der Waals surface area contributed by atoms with Crippen LogP contribution in [0.2, 0.25) is 0 Å². The van der Waals surface area contributed by atoms with Gasteiger partial charge in [0.05, 0.1) is 11.8 Å². The van der Waals surface area contributed by atoms with Gasteiger partial charge in [-0.15, -0.1) is 0 Å². The second kappa shape index (κ2) is 7.32. The molecule has 8 nitrogen and oxygen atoms in total. The number of amides is 1. The van der Waals surface area contributed by atoms with Crippen LogP contribution in [0.1, 0.15) is 29.3 Å². The van der Waals surface area contributed by atoms with Crippen molar-refractivity contribution in [1.82, 2.24) is 15.8 Å². The van der Waals surface area contributed by atoms with Crippen LogP contribution in [-0.2, 0) is 11.2 Å². The number of aliphatic imine (C=N–C) groups is 1. The van der Waals surface area contributed by atoms with E-state index in [4.69, 9.17) is 10.4 Å². The molecule has 10 heteroatoms. The summed E-state index contributed by atoms with van der Waals surface area (Å²) in [6.45, 7) is 0. The van der Waals surface area contributed by atoms with Crippen LogP contribution in [0.3, 0.4) is 0 Å². The van der Waals surface area contributed by atoms with E-state index in [0.29, 0.717) is 5.03 Å². The van der Waals surface area contributed by atoms with Gasteiger partial charge in [0.1, 0.15) is 0 Å². The molecule has 0 aliphatic heterocycles. The number of thioether (sulfide) groups is 1. The number of benzene rings is 1. The molecule has 1 aliphatic rings. The largest absolute Gasteiger partial charge is 0.369 e. The summed E-state index contributed by atoms with van der Waals surface area (Å²) in [7, 11) is 0. The predicted octanol–water partition coefficient (Wildman–Crippen LogP) is 1.82. The summed E-state index contributed by atoms with van der Waals surface area (Å²) < 4.78 is 5.68. The lowest BCUT2D eigenvalue weighted by atomic mass is 10.1. The van der Waals surface area contributed by atoms with Crippen LogP contribution in [0.25, 0.3) is 0 Å². The summed E-state index contributed by atoms with van der Waals surface area (Å²) in [6, 6.07) is 5.97. The standard InChI is InChI=1S/C14H14BrN5O3S/c15-8-3-1-7-2-4-10(9(7)5-8)17-13(18-22)12-14(20-23-19-12)24-6-11(16)21/h1,3,5,10,22H,2,4,6H2,(H2,16,21)(H,17,18). The van der Waals surface area contributed by atoms with Crippen molar-refractivity contribution in [3.8, 4) is 0 Å². The van der Waals surface area contributed by atoms with Crippen LogP contribution in [0, 0.1) is 0 Å². The van der Waals surface area contributed by atoms with Crippen molar-refractivity contribution in [3.63, 3.8) is 0 Å². The number of carbonyl (C=O) groups is 1. The first kappa shape index (κ1) is 16.9. The summed E-state index contributed by atoms with van der Waals surface area (Å²) in [5.74, 6) is -0.320. The van der Waals surface area contributed by atoms with Crippen LogP contribution in [0.15, 0.2) is 37.3 Å². The summed E-state index contributed by atoms with van der Waals surface area (Å²) in [5.41, 5.74) is 9.75. The molecule has 3 rings (SSSR count). The molecular weight excluding hydrogens is 398 g/mol. The third-order valence-electron chi connectivity index (χ3n) is 3.58. The number of primary amides is 1. The molecule has 0 bridgehead atoms. The predicted molar refractivity (Wildman–Crippen MR) is 90.9 cm³/mol. The first-order valence-corrected chi connectivity index (χ1v) is 8.86. The zero-order valence-electron chi connectivity index (χ0n) is 12.4. The van der Waals surface area contributed by atoms with Crippen LogP contribution in [0.5, 0.6) is 0 Å². The Morgan fingerprint density at radius 3 is 3.12 bits per heavy atom. The average Bonchev–Trinajstić information content (AvgIpc) is 3.17. The number of nitrogens with two attached hydrogens (primary N) is 1. The van der Waals surface area contributed by atoms with Crippen LogP contribution in [0.4, 0.5) is 0 Å². The number of aromatic nitrogens is 2. The zero-order valence-corrected chi connectivity index (χ0v) is 14.8. The number of amidine groups is 1. The fraction of sp³-hybridized carbons (Fsp3) is 0.286. The molecule has 1 amide bonds. The van der Waals surface area contributed by atoms with E-state index in [1.165, 1.54) is 5.56 Å². The Balaban J connectivity index is 1.88. The van der Waals surface area contributed by atoms with Crippen molar-refractivity contribution >= 4 is 39.4 Å². The molecule has 1 heterocycles. The number of hydrogen-bond acceptors (Lipinski definition) is 7. The van der Waals surface area contributed by atoms with Gasteiger partial charge in [-0.25, -0.2) is 4.63 Å². The van der Waals surface area contributed by atoms with Gasteiger partial charge in [0.15, 0.2) is 16.6 Å². The summed E-state index contributed by atoms with van der Waals surface area (Å²) in [4.78, 5) is 15.5. The minimum Gasteiger partial charge on any atom is -0.369 e. The van der Waals surface area contributed by atoms with Gasteiger partial charge in [-0.1, -0.05) is 33.8 Å². The molecule has 0 fully saturated rings. The molecule has 1 unspecified atom stereocenters. The van der Waals surface area contributed by atoms with E-state index >= 15 is 0 Å². The van der Waals surface area contributed by atoms with Gasteiger partial charge in [0.2, 0.25) is 5.91 Å². The van der Waals surface area contributed by atoms with Gasteiger partial charge in [0.25, 0.3) is 0 Å². The smallest absolute Gasteiger partial charge is 0.227 e. The third kappa shape index (κ3) is 3.60. The monoisotopic (exact) mass is 411 g/mol. The molecule has 0 saturated carbocycles. The highest BCUT2D eigenvalue weighted by Gasteiger charge is 2.25. The molecule has 1 aromatic heterocycles. The maximum atomic E-state index is 10.9. The molecule has 0 saturated heterocycles. The second-order valence-electron chi connectivity index (χ2n) is 5.16. The highest BCUT2D eigenvalue weighted by Crippen LogP contribution is 2.36. The minimum atomic E-state index is -0.487. The van der Waals surface area contributed by atoms with E-state index in [2.05, 4.69) is 42.8 Å². The van der Waals surface area contributed by atoms with E-state index in [1.807, 2.05) is 12.1 Å². The van der Waals surface area contributed by atoms with E-state index in [0.717, 1.165) is 34.6 Å². The number of hydrogen-bond donors (Lipinski definition) is 3. The Kier molecular flexibility index (Phi) is 5.17. The number of carbonyl (C=O) groups excluding carboxylic acids is 1. The molecule has 0 radical (unpaired) electrons. The highest BCUT2D eigenvalue weighted by molar-refractivity contribution is 9.10. The Bertz CT molecular complexity index is 794. The summed E-state index contributed by atoms with van der Waals surface area (Å²) >= 11 is 4.53. The first-order valence-electron chi connectivity index (χ1n) is 7.08. The Hall–Kier alpha value is -1.91. The molecule has 1 atom stereocenters. The zero-order chi connectivity index (χ0) is 17.1. The van der Waals surface area contributed by atoms with Gasteiger partial charge in [-0.3, -0.25) is 20.5 Å². The van der Waals surface area contributed by atoms with Crippen molar-refractivity contribution < 1.29 is 14.6 Å². The van der Waals surface area contributed by atoms with E-state index in [-0.39, 0.29) is 23.3 Å². The van der Waals surface area contributed by atoms with Crippen LogP contribution < -0.4 is 11.2 Å². The fourth-order valence-corrected chi connectivity index (χ4v) is 3.56. The normalized spacial score (nSPS) is 16.9. The fourth-order valence-electron chi connectivity index (χ4n) is 2.54. The second-order valence-corrected chi connectivity index (χ2v) is 7.04. The molecule has 1 aromatic carbocycles. The van der Waals surface area contributed by atoms with E-state index in [9.17, 15) is 10.0 Å². The first-order chi connectivity index (χ1) is 11.6. The van der Waals surface area contributed by atoms with Gasteiger partial charge in [-0.05, 0) is 46.4 Å². The van der Waals surface area contributed by atoms with Crippen molar-refractivity contribution in [2.24, 2.45) is 10.7 Å². The molecule has 4 N–H and O–H groups in total. The minimum absolute atomic E-state index is 0.0269. The Morgan fingerprint density at radius 2 is 2.38 bits per heavy atom. The topological polar surface area (TPSA) is 127 Å². The molecule has 2 aromatic rings. The van der Waals surface area contributed by atoms with Crippen LogP contribution >= 0.6 is 27.7 Å². The number of fused-ring (bicyclic) bond motifs is 1. The summed E-state index contributed by atoms with van der Waals surface area (Å²) in [6.07, 6.45) is 1.74. The number of rotatable bonds is 5. The molecule has 24 heavy (non-hydrogen) atoms. The van der Waals surface area contributed by atoms with Crippen molar-refractivity contribution in [3.05, 3.63) is 39.5 Å². The molecular formula is C14H14BrN5O3S. The molecule has 0 spiro atoms. The SMILES string of the molecule is NC(=O)CSc1nonc1C(=NC1CCc2ccc(Br)cc21)NO. The summed E-state index contributed by atoms with van der Waals surface area (Å²) in [5, 5.41) is 17.3. The Labute approximate surface area is 149 Å². The van der Waals surface area contributed by atoms with Gasteiger partial charge < -0.3 is 5.73 Å². The number of halogens is 1. The number of nitrogens with one attached hydrogen (secondary N) is 1. The quantitative estimate of drug-likeness (QED) is 0.296. The maximum absolute atomic E-state index is 10.9. The average molecular weight is 412 g/mol. The number of aryl methyl sites for hydroxylation is 1. The Morgan fingerprint density at radius 1 is 1.54 bits per heavy atom. The maximum Gasteiger partial charge on any atom is 0.227 e. The van der Waals surface area contributed by atoms with Crippen LogP contribution in [-0.4, -0.2) is 33.0 Å². The van der Waals surface area contributed by atoms with Crippen molar-refractivity contribution in [1.29, 1.82) is 0 Å². The lowest BCUT2D eigenvalue weighted by Gasteiger charge is -2.09. The van der Waals surface area contributed by atoms with Gasteiger partial charge in [0, 0.05) is 4.47 Å². The van der Waals surface area contributed by atoms with Crippen molar-refractivity contribution in [2.45, 2.75) is 23.9 Å². The van der Waals surface area contributed by atoms with E-state index < -0.39 is 5.91 Å². The van der Waals surface area contributed by atoms with Gasteiger partial charge in [-0.2, -0.15) is 0 Å². The lowest BCUT2D eigenvalue weighted by Crippen LogP contribution is -2.23. The lowest BCUT2D eigenvalue weighted by molar-refractivity contribution is -0.115. The number of nitrogens with zero attached hydrogens (tertiary/aromatic N) is 3. The van der Waals surface area contributed by atoms with Crippen molar-refractivity contribution in [2.75, 3.05) is 5.75 Å².